The molecule has 0 fully saturated rings. The van der Waals surface area contributed by atoms with Crippen molar-refractivity contribution in [3.05, 3.63) is 12.2 Å². The molecule has 0 heterocycles. The molecule has 286 valence electrons. The highest BCUT2D eigenvalue weighted by Crippen LogP contribution is 2.38. The summed E-state index contributed by atoms with van der Waals surface area (Å²) in [4.78, 5) is 25.2. The van der Waals surface area contributed by atoms with E-state index in [0.29, 0.717) is 23.9 Å². The third-order valence-electron chi connectivity index (χ3n) is 9.01. The second-order valence-electron chi connectivity index (χ2n) is 15.0. The van der Waals surface area contributed by atoms with E-state index < -0.39 is 20.0 Å². The lowest BCUT2D eigenvalue weighted by atomic mass is 10.0. The van der Waals surface area contributed by atoms with Crippen molar-refractivity contribution in [3.63, 3.8) is 0 Å². The Morgan fingerprint density at radius 3 is 1.60 bits per heavy atom. The maximum Gasteiger partial charge on any atom is 0.268 e. The van der Waals surface area contributed by atoms with Gasteiger partial charge in [-0.3, -0.25) is 9.36 Å². The van der Waals surface area contributed by atoms with E-state index in [-0.39, 0.29) is 19.1 Å². The van der Waals surface area contributed by atoms with Crippen LogP contribution in [0.3, 0.4) is 0 Å². The zero-order valence-corrected chi connectivity index (χ0v) is 33.1. The van der Waals surface area contributed by atoms with Crippen LogP contribution in [0.15, 0.2) is 12.2 Å². The third-order valence-corrected chi connectivity index (χ3v) is 9.97. The van der Waals surface area contributed by atoms with Crippen LogP contribution in [0, 0.1) is 0 Å². The van der Waals surface area contributed by atoms with Gasteiger partial charge in [0.2, 0.25) is 5.91 Å². The predicted molar refractivity (Wildman–Crippen MR) is 201 cm³/mol. The molecule has 0 saturated heterocycles. The molecule has 0 rings (SSSR count). The molecule has 8 nitrogen and oxygen atoms in total. The Labute approximate surface area is 297 Å². The van der Waals surface area contributed by atoms with Crippen molar-refractivity contribution in [2.24, 2.45) is 0 Å². The highest BCUT2D eigenvalue weighted by Gasteiger charge is 2.24. The summed E-state index contributed by atoms with van der Waals surface area (Å²) in [5.41, 5.74) is 0. The van der Waals surface area contributed by atoms with Crippen LogP contribution in [0.2, 0.25) is 0 Å². The van der Waals surface area contributed by atoms with Crippen molar-refractivity contribution in [2.45, 2.75) is 193 Å². The van der Waals surface area contributed by atoms with Crippen LogP contribution in [0.5, 0.6) is 0 Å². The van der Waals surface area contributed by atoms with Crippen molar-refractivity contribution in [1.82, 2.24) is 5.32 Å². The molecule has 0 aliphatic carbocycles. The predicted octanol–water partition coefficient (Wildman–Crippen LogP) is 9.78. The minimum Gasteiger partial charge on any atom is -0.756 e. The summed E-state index contributed by atoms with van der Waals surface area (Å²) in [6.07, 6.45) is 33.7. The molecule has 0 aromatic carbocycles. The standard InChI is InChI=1S/C39H79N2O6P/c1-6-8-10-12-14-16-18-20-22-24-26-28-30-32-38(42)37(36-47-48(44,45)46-35-34-41(3,4)5)40-39(43)33-31-29-27-25-23-21-19-17-15-13-11-9-7-2/h28,30,37-38,42H,6-27,29,31-36H2,1-5H3,(H-,40,43,44,45)/t37-,38+/m0/s1. The third kappa shape index (κ3) is 33.7. The van der Waals surface area contributed by atoms with Gasteiger partial charge in [-0.15, -0.1) is 0 Å². The van der Waals surface area contributed by atoms with Crippen molar-refractivity contribution in [2.75, 3.05) is 40.9 Å². The molecule has 0 aromatic heterocycles. The van der Waals surface area contributed by atoms with E-state index in [2.05, 4.69) is 25.2 Å². The first kappa shape index (κ1) is 47.2. The number of amides is 1. The molecule has 0 radical (unpaired) electrons. The number of phosphoric ester groups is 1. The fourth-order valence-corrected chi connectivity index (χ4v) is 6.46. The lowest BCUT2D eigenvalue weighted by Crippen LogP contribution is -2.46. The monoisotopic (exact) mass is 703 g/mol. The number of carbonyl (C=O) groups is 1. The topological polar surface area (TPSA) is 108 Å². The molecule has 3 atom stereocenters. The lowest BCUT2D eigenvalue weighted by Gasteiger charge is -2.29. The molecule has 0 aromatic rings. The molecule has 9 heteroatoms. The molecule has 1 amide bonds. The smallest absolute Gasteiger partial charge is 0.268 e. The summed E-state index contributed by atoms with van der Waals surface area (Å²) in [5, 5.41) is 13.8. The van der Waals surface area contributed by atoms with Gasteiger partial charge < -0.3 is 28.8 Å². The molecule has 2 N–H and O–H groups in total. The van der Waals surface area contributed by atoms with E-state index in [1.807, 2.05) is 27.2 Å². The number of nitrogens with one attached hydrogen (secondary N) is 1. The van der Waals surface area contributed by atoms with Crippen molar-refractivity contribution in [3.8, 4) is 0 Å². The Kier molecular flexibility index (Phi) is 31.7. The van der Waals surface area contributed by atoms with Gasteiger partial charge in [-0.25, -0.2) is 0 Å². The first-order chi connectivity index (χ1) is 23.0. The van der Waals surface area contributed by atoms with Gasteiger partial charge in [0.15, 0.2) is 0 Å². The van der Waals surface area contributed by atoms with Gasteiger partial charge in [-0.2, -0.15) is 0 Å². The number of aliphatic hydroxyl groups is 1. The summed E-state index contributed by atoms with van der Waals surface area (Å²) in [5.74, 6) is -0.188. The lowest BCUT2D eigenvalue weighted by molar-refractivity contribution is -0.870. The van der Waals surface area contributed by atoms with E-state index in [1.54, 1.807) is 0 Å². The van der Waals surface area contributed by atoms with Gasteiger partial charge in [0, 0.05) is 6.42 Å². The van der Waals surface area contributed by atoms with Gasteiger partial charge in [0.25, 0.3) is 7.82 Å². The van der Waals surface area contributed by atoms with E-state index in [9.17, 15) is 19.4 Å². The van der Waals surface area contributed by atoms with Crippen LogP contribution < -0.4 is 10.2 Å². The SMILES string of the molecule is CCCCCCCCCCCCC=CC[C@@H](O)[C@H](COP(=O)([O-])OCC[N+](C)(C)C)NC(=O)CCCCCCCCCCCCCCC. The summed E-state index contributed by atoms with van der Waals surface area (Å²) in [6, 6.07) is -0.842. The second kappa shape index (κ2) is 32.2. The molecule has 0 spiro atoms. The molecule has 0 bridgehead atoms. The first-order valence-electron chi connectivity index (χ1n) is 20.0. The average molecular weight is 703 g/mol. The zero-order valence-electron chi connectivity index (χ0n) is 32.2. The molecule has 0 aliphatic heterocycles. The summed E-state index contributed by atoms with van der Waals surface area (Å²) < 4.78 is 23.1. The van der Waals surface area contributed by atoms with Crippen LogP contribution in [-0.2, 0) is 18.4 Å². The number of hydrogen-bond donors (Lipinski definition) is 2. The maximum atomic E-state index is 12.8. The summed E-state index contributed by atoms with van der Waals surface area (Å²) in [6.45, 7) is 4.65. The average Bonchev–Trinajstić information content (AvgIpc) is 3.02. The Hall–Kier alpha value is -0.760. The number of aliphatic hydroxyl groups excluding tert-OH is 1. The van der Waals surface area contributed by atoms with Gasteiger partial charge in [0.1, 0.15) is 13.2 Å². The van der Waals surface area contributed by atoms with Crippen molar-refractivity contribution in [1.29, 1.82) is 0 Å². The number of likely N-dealkylation sites (N-methyl/N-ethyl adjacent to an activating group) is 1. The number of hydrogen-bond acceptors (Lipinski definition) is 6. The highest BCUT2D eigenvalue weighted by molar-refractivity contribution is 7.45. The minimum absolute atomic E-state index is 0.00456. The van der Waals surface area contributed by atoms with E-state index in [4.69, 9.17) is 9.05 Å². The van der Waals surface area contributed by atoms with Crippen LogP contribution >= 0.6 is 7.82 Å². The van der Waals surface area contributed by atoms with E-state index in [0.717, 1.165) is 32.1 Å². The first-order valence-corrected chi connectivity index (χ1v) is 21.5. The number of allylic oxidation sites excluding steroid dienone is 1. The van der Waals surface area contributed by atoms with Crippen LogP contribution in [-0.4, -0.2) is 68.5 Å². The Balaban J connectivity index is 4.49. The fourth-order valence-electron chi connectivity index (χ4n) is 5.73. The Bertz CT molecular complexity index is 804. The Morgan fingerprint density at radius 1 is 0.708 bits per heavy atom. The highest BCUT2D eigenvalue weighted by atomic mass is 31.2. The number of quaternary nitrogens is 1. The largest absolute Gasteiger partial charge is 0.756 e. The Morgan fingerprint density at radius 2 is 1.15 bits per heavy atom. The quantitative estimate of drug-likeness (QED) is 0.0291. The summed E-state index contributed by atoms with van der Waals surface area (Å²) >= 11 is 0. The van der Waals surface area contributed by atoms with Crippen molar-refractivity contribution >= 4 is 13.7 Å². The van der Waals surface area contributed by atoms with Crippen LogP contribution in [0.1, 0.15) is 181 Å². The number of rotatable bonds is 36. The van der Waals surface area contributed by atoms with E-state index in [1.165, 1.54) is 122 Å². The second-order valence-corrected chi connectivity index (χ2v) is 16.4. The van der Waals surface area contributed by atoms with Crippen molar-refractivity contribution < 1.29 is 32.9 Å². The number of unbranched alkanes of at least 4 members (excludes halogenated alkanes) is 22. The molecule has 48 heavy (non-hydrogen) atoms. The van der Waals surface area contributed by atoms with Gasteiger partial charge in [-0.05, 0) is 25.7 Å². The maximum absolute atomic E-state index is 12.8. The molecule has 0 aliphatic rings. The van der Waals surface area contributed by atoms with Gasteiger partial charge in [-0.1, -0.05) is 161 Å². The summed E-state index contributed by atoms with van der Waals surface area (Å²) in [7, 11) is 1.28. The number of carbonyl (C=O) groups excluding carboxylic acids is 1. The molecule has 1 unspecified atom stereocenters. The van der Waals surface area contributed by atoms with Crippen LogP contribution in [0.25, 0.3) is 0 Å². The van der Waals surface area contributed by atoms with Gasteiger partial charge in [0.05, 0.1) is 39.9 Å². The zero-order chi connectivity index (χ0) is 35.8. The van der Waals surface area contributed by atoms with Crippen LogP contribution in [0.4, 0.5) is 0 Å². The number of nitrogens with zero attached hydrogens (tertiary/aromatic N) is 1. The van der Waals surface area contributed by atoms with Gasteiger partial charge >= 0.3 is 0 Å². The minimum atomic E-state index is -4.57. The number of phosphoric acid groups is 1. The molecular weight excluding hydrogens is 623 g/mol. The van der Waals surface area contributed by atoms with E-state index >= 15 is 0 Å². The molecule has 0 saturated carbocycles. The normalized spacial score (nSPS) is 14.7. The molecular formula is C39H79N2O6P. The fraction of sp³-hybridized carbons (Fsp3) is 0.923.